The Hall–Kier alpha value is -1.75. The summed E-state index contributed by atoms with van der Waals surface area (Å²) in [5.41, 5.74) is 1.75. The second-order valence-corrected chi connectivity index (χ2v) is 11.5. The van der Waals surface area contributed by atoms with Crippen molar-refractivity contribution in [3.05, 3.63) is 40.2 Å². The van der Waals surface area contributed by atoms with Crippen molar-refractivity contribution in [2.75, 3.05) is 11.9 Å². The van der Waals surface area contributed by atoms with Gasteiger partial charge in [-0.05, 0) is 59.5 Å². The third-order valence-corrected chi connectivity index (χ3v) is 8.95. The van der Waals surface area contributed by atoms with Gasteiger partial charge < -0.3 is 4.57 Å². The van der Waals surface area contributed by atoms with Crippen LogP contribution in [0.1, 0.15) is 26.2 Å². The van der Waals surface area contributed by atoms with Gasteiger partial charge in [0.15, 0.2) is 0 Å². The van der Waals surface area contributed by atoms with Gasteiger partial charge in [-0.1, -0.05) is 19.1 Å². The number of aromatic nitrogens is 2. The van der Waals surface area contributed by atoms with E-state index in [4.69, 9.17) is 0 Å². The van der Waals surface area contributed by atoms with Crippen LogP contribution < -0.4 is 5.32 Å². The number of hydrogen-bond acceptors (Lipinski definition) is 5. The molecule has 10 heteroatoms. The Morgan fingerprint density at radius 3 is 2.83 bits per heavy atom. The Bertz CT molecular complexity index is 1160. The first-order valence-corrected chi connectivity index (χ1v) is 12.5. The van der Waals surface area contributed by atoms with Gasteiger partial charge in [0.1, 0.15) is 10.3 Å². The Labute approximate surface area is 181 Å². The average molecular weight is 497 g/mol. The van der Waals surface area contributed by atoms with Crippen molar-refractivity contribution >= 4 is 60.2 Å². The smallest absolute Gasteiger partial charge is 0.253 e. The van der Waals surface area contributed by atoms with E-state index in [1.807, 2.05) is 28.8 Å². The number of nitrogens with one attached hydrogen (secondary N) is 1. The van der Waals surface area contributed by atoms with Crippen molar-refractivity contribution < 1.29 is 13.2 Å². The maximum Gasteiger partial charge on any atom is 0.253 e. The topological polar surface area (TPSA) is 84.3 Å². The third kappa shape index (κ3) is 3.86. The molecule has 29 heavy (non-hydrogen) atoms. The minimum atomic E-state index is -3.72. The standard InChI is InChI=1S/C19H21BrN4O3S2/c1-2-11-23-14-7-4-3-6-13(14)21-19(23)22-18(25)15-8-5-12-24(15)29(26,27)17-10-9-16(20)28-17/h3-4,6-7,9-10,15H,2,5,8,11-12H2,1H3,(H,21,22,25). The number of hydrogen-bond donors (Lipinski definition) is 1. The summed E-state index contributed by atoms with van der Waals surface area (Å²) in [5, 5.41) is 2.89. The van der Waals surface area contributed by atoms with Gasteiger partial charge in [-0.3, -0.25) is 10.1 Å². The molecule has 0 bridgehead atoms. The highest BCUT2D eigenvalue weighted by Gasteiger charge is 2.40. The molecule has 0 saturated carbocycles. The first-order chi connectivity index (χ1) is 13.9. The van der Waals surface area contributed by atoms with Crippen molar-refractivity contribution in [1.29, 1.82) is 0 Å². The molecule has 154 valence electrons. The molecule has 3 aromatic rings. The molecule has 0 spiro atoms. The van der Waals surface area contributed by atoms with E-state index in [2.05, 4.69) is 33.2 Å². The number of nitrogens with zero attached hydrogens (tertiary/aromatic N) is 3. The number of sulfonamides is 1. The second kappa shape index (κ2) is 8.17. The number of para-hydroxylation sites is 2. The normalized spacial score (nSPS) is 17.8. The van der Waals surface area contributed by atoms with Gasteiger partial charge in [0.2, 0.25) is 11.9 Å². The molecule has 1 N–H and O–H groups in total. The SMILES string of the molecule is CCCn1c(NC(=O)C2CCCN2S(=O)(=O)c2ccc(Br)s2)nc2ccccc21. The summed E-state index contributed by atoms with van der Waals surface area (Å²) in [6.07, 6.45) is 2.03. The molecular weight excluding hydrogens is 476 g/mol. The molecule has 2 aromatic heterocycles. The fraction of sp³-hybridized carbons (Fsp3) is 0.368. The summed E-state index contributed by atoms with van der Waals surface area (Å²) in [7, 11) is -3.72. The lowest BCUT2D eigenvalue weighted by atomic mass is 10.2. The Kier molecular flexibility index (Phi) is 5.78. The summed E-state index contributed by atoms with van der Waals surface area (Å²) in [6.45, 7) is 3.11. The molecular formula is C19H21BrN4O3S2. The average Bonchev–Trinajstić information content (AvgIpc) is 3.41. The van der Waals surface area contributed by atoms with Crippen LogP contribution in [-0.4, -0.2) is 40.8 Å². The fourth-order valence-electron chi connectivity index (χ4n) is 3.66. The van der Waals surface area contributed by atoms with E-state index in [-0.39, 0.29) is 10.1 Å². The Morgan fingerprint density at radius 1 is 1.31 bits per heavy atom. The van der Waals surface area contributed by atoms with Crippen LogP contribution in [0.4, 0.5) is 5.95 Å². The van der Waals surface area contributed by atoms with Crippen molar-refractivity contribution in [2.45, 2.75) is 43.0 Å². The second-order valence-electron chi connectivity index (χ2n) is 6.90. The van der Waals surface area contributed by atoms with Crippen LogP contribution in [0.2, 0.25) is 0 Å². The highest BCUT2D eigenvalue weighted by Crippen LogP contribution is 2.33. The van der Waals surface area contributed by atoms with Gasteiger partial charge in [0.05, 0.1) is 14.8 Å². The molecule has 1 fully saturated rings. The Morgan fingerprint density at radius 2 is 2.10 bits per heavy atom. The Balaban J connectivity index is 1.61. The number of halogens is 1. The monoisotopic (exact) mass is 496 g/mol. The predicted molar refractivity (Wildman–Crippen MR) is 118 cm³/mol. The van der Waals surface area contributed by atoms with Gasteiger partial charge in [-0.25, -0.2) is 13.4 Å². The lowest BCUT2D eigenvalue weighted by Crippen LogP contribution is -2.43. The number of anilines is 1. The fourth-order valence-corrected chi connectivity index (χ4v) is 7.45. The van der Waals surface area contributed by atoms with Crippen molar-refractivity contribution in [1.82, 2.24) is 13.9 Å². The molecule has 1 aliphatic rings. The number of fused-ring (bicyclic) bond motifs is 1. The van der Waals surface area contributed by atoms with Crippen LogP contribution in [0, 0.1) is 0 Å². The number of benzene rings is 1. The molecule has 7 nitrogen and oxygen atoms in total. The van der Waals surface area contributed by atoms with Crippen LogP contribution in [0.25, 0.3) is 11.0 Å². The van der Waals surface area contributed by atoms with Gasteiger partial charge in [-0.2, -0.15) is 4.31 Å². The first kappa shape index (κ1) is 20.5. The van der Waals surface area contributed by atoms with Crippen molar-refractivity contribution in [3.63, 3.8) is 0 Å². The van der Waals surface area contributed by atoms with E-state index in [0.29, 0.717) is 31.9 Å². The molecule has 0 radical (unpaired) electrons. The van der Waals surface area contributed by atoms with Crippen LogP contribution in [0.3, 0.4) is 0 Å². The van der Waals surface area contributed by atoms with E-state index in [1.54, 1.807) is 12.1 Å². The van der Waals surface area contributed by atoms with E-state index in [1.165, 1.54) is 4.31 Å². The van der Waals surface area contributed by atoms with Gasteiger partial charge in [0.25, 0.3) is 10.0 Å². The van der Waals surface area contributed by atoms with Crippen LogP contribution in [0.5, 0.6) is 0 Å². The minimum absolute atomic E-state index is 0.238. The minimum Gasteiger partial charge on any atom is -0.310 e. The molecule has 1 aromatic carbocycles. The quantitative estimate of drug-likeness (QED) is 0.557. The lowest BCUT2D eigenvalue weighted by molar-refractivity contribution is -0.119. The third-order valence-electron chi connectivity index (χ3n) is 4.95. The number of carbonyl (C=O) groups excluding carboxylic acids is 1. The zero-order valence-electron chi connectivity index (χ0n) is 15.8. The maximum atomic E-state index is 13.1. The first-order valence-electron chi connectivity index (χ1n) is 9.45. The van der Waals surface area contributed by atoms with Crippen LogP contribution >= 0.6 is 27.3 Å². The van der Waals surface area contributed by atoms with E-state index in [0.717, 1.165) is 32.6 Å². The highest BCUT2D eigenvalue weighted by molar-refractivity contribution is 9.11. The lowest BCUT2D eigenvalue weighted by Gasteiger charge is -2.22. The molecule has 4 rings (SSSR count). The van der Waals surface area contributed by atoms with Gasteiger partial charge in [0, 0.05) is 13.1 Å². The number of thiophene rings is 1. The summed E-state index contributed by atoms with van der Waals surface area (Å²) in [5.74, 6) is 0.121. The number of amides is 1. The van der Waals surface area contributed by atoms with Gasteiger partial charge in [-0.15, -0.1) is 11.3 Å². The zero-order valence-corrected chi connectivity index (χ0v) is 19.1. The highest BCUT2D eigenvalue weighted by atomic mass is 79.9. The largest absolute Gasteiger partial charge is 0.310 e. The van der Waals surface area contributed by atoms with Crippen LogP contribution in [-0.2, 0) is 21.4 Å². The van der Waals surface area contributed by atoms with E-state index < -0.39 is 16.1 Å². The maximum absolute atomic E-state index is 13.1. The van der Waals surface area contributed by atoms with E-state index in [9.17, 15) is 13.2 Å². The van der Waals surface area contributed by atoms with Crippen LogP contribution in [0.15, 0.2) is 44.4 Å². The molecule has 3 heterocycles. The number of carbonyl (C=O) groups is 1. The summed E-state index contributed by atoms with van der Waals surface area (Å²) in [6, 6.07) is 10.2. The molecule has 1 aliphatic heterocycles. The summed E-state index contributed by atoms with van der Waals surface area (Å²) in [4.78, 5) is 17.6. The molecule has 1 unspecified atom stereocenters. The molecule has 1 atom stereocenters. The summed E-state index contributed by atoms with van der Waals surface area (Å²) >= 11 is 4.46. The number of rotatable bonds is 6. The molecule has 1 saturated heterocycles. The van der Waals surface area contributed by atoms with Crippen molar-refractivity contribution in [3.8, 4) is 0 Å². The zero-order chi connectivity index (χ0) is 20.6. The summed E-state index contributed by atoms with van der Waals surface area (Å²) < 4.78 is 30.3. The predicted octanol–water partition coefficient (Wildman–Crippen LogP) is 4.06. The number of aryl methyl sites for hydroxylation is 1. The van der Waals surface area contributed by atoms with Gasteiger partial charge >= 0.3 is 0 Å². The molecule has 0 aliphatic carbocycles. The molecule has 1 amide bonds. The van der Waals surface area contributed by atoms with Crippen molar-refractivity contribution in [2.24, 2.45) is 0 Å². The van der Waals surface area contributed by atoms with E-state index >= 15 is 0 Å². The number of imidazole rings is 1.